The summed E-state index contributed by atoms with van der Waals surface area (Å²) in [7, 11) is 0. The number of aliphatic hydroxyl groups excluding tert-OH is 1. The van der Waals surface area contributed by atoms with Crippen LogP contribution >= 0.6 is 0 Å². The first-order valence-corrected chi connectivity index (χ1v) is 10.6. The number of aromatic nitrogens is 2. The van der Waals surface area contributed by atoms with Crippen LogP contribution < -0.4 is 4.90 Å². The number of hydrogen-bond donors (Lipinski definition) is 1. The minimum Gasteiger partial charge on any atom is -0.396 e. The molecule has 6 nitrogen and oxygen atoms in total. The fourth-order valence-corrected chi connectivity index (χ4v) is 4.82. The van der Waals surface area contributed by atoms with Crippen molar-refractivity contribution < 1.29 is 18.7 Å². The van der Waals surface area contributed by atoms with Crippen LogP contribution in [-0.2, 0) is 0 Å². The number of hydrogen-bond acceptors (Lipinski definition) is 4. The molecule has 2 saturated heterocycles. The zero-order valence-corrected chi connectivity index (χ0v) is 17.0. The summed E-state index contributed by atoms with van der Waals surface area (Å²) in [6.45, 7) is 1.96. The molecule has 0 spiro atoms. The van der Waals surface area contributed by atoms with Crippen molar-refractivity contribution in [2.75, 3.05) is 31.1 Å². The van der Waals surface area contributed by atoms with E-state index in [1.807, 2.05) is 12.1 Å². The van der Waals surface area contributed by atoms with Crippen LogP contribution in [-0.4, -0.2) is 51.8 Å². The topological polar surface area (TPSA) is 61.1 Å². The molecule has 0 bridgehead atoms. The number of benzene rings is 1. The Kier molecular flexibility index (Phi) is 5.09. The van der Waals surface area contributed by atoms with E-state index in [0.717, 1.165) is 37.6 Å². The van der Waals surface area contributed by atoms with E-state index >= 15 is 0 Å². The van der Waals surface area contributed by atoms with E-state index in [1.165, 1.54) is 12.1 Å². The summed E-state index contributed by atoms with van der Waals surface area (Å²) < 4.78 is 29.9. The average molecular weight is 426 g/mol. The van der Waals surface area contributed by atoms with Gasteiger partial charge in [-0.15, -0.1) is 0 Å². The molecule has 2 fully saturated rings. The van der Waals surface area contributed by atoms with Gasteiger partial charge in [-0.25, -0.2) is 13.3 Å². The largest absolute Gasteiger partial charge is 0.396 e. The van der Waals surface area contributed by atoms with Crippen LogP contribution in [0.1, 0.15) is 41.2 Å². The number of pyridine rings is 1. The maximum Gasteiger partial charge on any atom is 0.257 e. The molecule has 8 heteroatoms. The van der Waals surface area contributed by atoms with E-state index in [4.69, 9.17) is 0 Å². The number of amides is 1. The molecule has 5 rings (SSSR count). The lowest BCUT2D eigenvalue weighted by atomic mass is 10.0. The van der Waals surface area contributed by atoms with Gasteiger partial charge in [0.2, 0.25) is 0 Å². The van der Waals surface area contributed by atoms with E-state index in [-0.39, 0.29) is 24.5 Å². The van der Waals surface area contributed by atoms with Crippen molar-refractivity contribution in [3.63, 3.8) is 0 Å². The van der Waals surface area contributed by atoms with Crippen LogP contribution in [0.15, 0.2) is 42.7 Å². The molecule has 0 saturated carbocycles. The summed E-state index contributed by atoms with van der Waals surface area (Å²) in [5.41, 5.74) is 2.39. The highest BCUT2D eigenvalue weighted by atomic mass is 19.1. The van der Waals surface area contributed by atoms with Crippen molar-refractivity contribution in [2.24, 2.45) is 5.92 Å². The van der Waals surface area contributed by atoms with Gasteiger partial charge >= 0.3 is 0 Å². The Morgan fingerprint density at radius 3 is 2.84 bits per heavy atom. The van der Waals surface area contributed by atoms with E-state index < -0.39 is 11.6 Å². The standard InChI is InChI=1S/C23H24F2N4O2/c24-16-3-4-20(25)18(10-16)21-2-1-7-28(21)17-6-9-29-22(11-17)19(12-26-29)23(31)27-8-5-15(13-27)14-30/h3-4,6,9-12,15,21,30H,1-2,5,7-8,13-14H2. The van der Waals surface area contributed by atoms with Gasteiger partial charge in [0.05, 0.1) is 23.3 Å². The lowest BCUT2D eigenvalue weighted by Gasteiger charge is -2.27. The fourth-order valence-electron chi connectivity index (χ4n) is 4.82. The Balaban J connectivity index is 1.47. The second-order valence-corrected chi connectivity index (χ2v) is 8.38. The third-order valence-electron chi connectivity index (χ3n) is 6.47. The molecule has 2 aliphatic rings. The minimum absolute atomic E-state index is 0.0790. The first-order chi connectivity index (χ1) is 15.0. The van der Waals surface area contributed by atoms with Crippen molar-refractivity contribution in [1.82, 2.24) is 14.5 Å². The molecule has 2 aliphatic heterocycles. The summed E-state index contributed by atoms with van der Waals surface area (Å²) in [4.78, 5) is 16.9. The van der Waals surface area contributed by atoms with Gasteiger partial charge in [0, 0.05) is 49.6 Å². The molecule has 2 aromatic heterocycles. The Hall–Kier alpha value is -3.00. The number of nitrogens with zero attached hydrogens (tertiary/aromatic N) is 4. The molecule has 1 aromatic carbocycles. The summed E-state index contributed by atoms with van der Waals surface area (Å²) in [5, 5.41) is 13.7. The molecule has 2 atom stereocenters. The molecule has 2 unspecified atom stereocenters. The summed E-state index contributed by atoms with van der Waals surface area (Å²) >= 11 is 0. The predicted molar refractivity (Wildman–Crippen MR) is 112 cm³/mol. The Morgan fingerprint density at radius 2 is 2.03 bits per heavy atom. The number of rotatable bonds is 4. The van der Waals surface area contributed by atoms with Gasteiger partial charge in [0.15, 0.2) is 0 Å². The lowest BCUT2D eigenvalue weighted by Crippen LogP contribution is -2.29. The van der Waals surface area contributed by atoms with Gasteiger partial charge in [-0.05, 0) is 49.6 Å². The molecule has 3 aromatic rings. The van der Waals surface area contributed by atoms with Gasteiger partial charge in [0.1, 0.15) is 11.6 Å². The van der Waals surface area contributed by atoms with E-state index in [1.54, 1.807) is 21.8 Å². The van der Waals surface area contributed by atoms with Crippen LogP contribution in [0.3, 0.4) is 0 Å². The number of fused-ring (bicyclic) bond motifs is 1. The number of anilines is 1. The number of halogens is 2. The van der Waals surface area contributed by atoms with Gasteiger partial charge in [-0.3, -0.25) is 4.79 Å². The van der Waals surface area contributed by atoms with E-state index in [0.29, 0.717) is 29.7 Å². The summed E-state index contributed by atoms with van der Waals surface area (Å²) in [6, 6.07) is 7.11. The highest BCUT2D eigenvalue weighted by molar-refractivity contribution is 6.01. The van der Waals surface area contributed by atoms with Crippen LogP contribution in [0.5, 0.6) is 0 Å². The van der Waals surface area contributed by atoms with Crippen LogP contribution in [0.25, 0.3) is 5.52 Å². The quantitative estimate of drug-likeness (QED) is 0.695. The molecule has 4 heterocycles. The molecular formula is C23H24F2N4O2. The molecule has 31 heavy (non-hydrogen) atoms. The van der Waals surface area contributed by atoms with Crippen LogP contribution in [0.4, 0.5) is 14.5 Å². The molecule has 0 aliphatic carbocycles. The van der Waals surface area contributed by atoms with Crippen LogP contribution in [0, 0.1) is 17.6 Å². The van der Waals surface area contributed by atoms with Crippen molar-refractivity contribution in [1.29, 1.82) is 0 Å². The Labute approximate surface area is 178 Å². The number of carbonyl (C=O) groups excluding carboxylic acids is 1. The maximum atomic E-state index is 14.4. The Morgan fingerprint density at radius 1 is 1.16 bits per heavy atom. The van der Waals surface area contributed by atoms with Gasteiger partial charge in [-0.2, -0.15) is 5.10 Å². The number of carbonyl (C=O) groups is 1. The zero-order chi connectivity index (χ0) is 21.5. The molecule has 1 N–H and O–H groups in total. The molecule has 0 radical (unpaired) electrons. The van der Waals surface area contributed by atoms with Crippen LogP contribution in [0.2, 0.25) is 0 Å². The summed E-state index contributed by atoms with van der Waals surface area (Å²) in [6.07, 6.45) is 5.75. The monoisotopic (exact) mass is 426 g/mol. The van der Waals surface area contributed by atoms with Gasteiger partial charge < -0.3 is 14.9 Å². The molecule has 1 amide bonds. The summed E-state index contributed by atoms with van der Waals surface area (Å²) in [5.74, 6) is -0.841. The third kappa shape index (κ3) is 3.54. The Bertz CT molecular complexity index is 1130. The smallest absolute Gasteiger partial charge is 0.257 e. The second kappa shape index (κ2) is 7.92. The minimum atomic E-state index is -0.450. The lowest BCUT2D eigenvalue weighted by molar-refractivity contribution is 0.0783. The van der Waals surface area contributed by atoms with Crippen molar-refractivity contribution in [2.45, 2.75) is 25.3 Å². The first kappa shape index (κ1) is 19.9. The highest BCUT2D eigenvalue weighted by Crippen LogP contribution is 2.38. The maximum absolute atomic E-state index is 14.4. The SMILES string of the molecule is O=C(c1cnn2ccc(N3CCCC3c3cc(F)ccc3F)cc12)N1CCC(CO)C1. The first-order valence-electron chi connectivity index (χ1n) is 10.6. The number of likely N-dealkylation sites (tertiary alicyclic amines) is 1. The molecule has 162 valence electrons. The third-order valence-corrected chi connectivity index (χ3v) is 6.47. The highest BCUT2D eigenvalue weighted by Gasteiger charge is 2.31. The fraction of sp³-hybridized carbons (Fsp3) is 0.391. The second-order valence-electron chi connectivity index (χ2n) is 8.38. The van der Waals surface area contributed by atoms with Crippen molar-refractivity contribution in [3.05, 3.63) is 65.5 Å². The normalized spacial score (nSPS) is 21.4. The van der Waals surface area contributed by atoms with E-state index in [9.17, 15) is 18.7 Å². The average Bonchev–Trinajstić information content (AvgIpc) is 3.53. The zero-order valence-electron chi connectivity index (χ0n) is 17.0. The van der Waals surface area contributed by atoms with Crippen molar-refractivity contribution in [3.8, 4) is 0 Å². The van der Waals surface area contributed by atoms with Gasteiger partial charge in [-0.1, -0.05) is 0 Å². The van der Waals surface area contributed by atoms with Gasteiger partial charge in [0.25, 0.3) is 5.91 Å². The number of aliphatic hydroxyl groups is 1. The van der Waals surface area contributed by atoms with Crippen molar-refractivity contribution >= 4 is 17.1 Å². The predicted octanol–water partition coefficient (Wildman–Crippen LogP) is 3.41. The van der Waals surface area contributed by atoms with E-state index in [2.05, 4.69) is 10.00 Å². The molecular weight excluding hydrogens is 402 g/mol.